The monoisotopic (exact) mass is 300 g/mol. The lowest BCUT2D eigenvalue weighted by molar-refractivity contribution is -0.572. The molecule has 8 nitrogen and oxygen atoms in total. The molecule has 1 aromatic rings. The number of sulfonamides is 1. The molecule has 110 valence electrons. The summed E-state index contributed by atoms with van der Waals surface area (Å²) in [5, 5.41) is 12.1. The number of hydrazine groups is 1. The minimum atomic E-state index is -3.80. The molecule has 0 amide bonds. The summed E-state index contributed by atoms with van der Waals surface area (Å²) >= 11 is 0. The van der Waals surface area contributed by atoms with Crippen LogP contribution in [0.2, 0.25) is 0 Å². The van der Waals surface area contributed by atoms with Crippen molar-refractivity contribution in [2.75, 3.05) is 20.8 Å². The molecule has 0 spiro atoms. The number of benzene rings is 1. The normalized spacial score (nSPS) is 22.2. The zero-order chi connectivity index (χ0) is 15.1. The molecule has 1 fully saturated rings. The summed E-state index contributed by atoms with van der Waals surface area (Å²) in [6, 6.07) is 6.56. The highest BCUT2D eigenvalue weighted by Gasteiger charge is 2.47. The van der Waals surface area contributed by atoms with Crippen molar-refractivity contribution >= 4 is 10.0 Å². The van der Waals surface area contributed by atoms with Crippen molar-refractivity contribution in [2.24, 2.45) is 0 Å². The van der Waals surface area contributed by atoms with Crippen LogP contribution in [0.4, 0.5) is 0 Å². The van der Waals surface area contributed by atoms with E-state index in [1.165, 1.54) is 25.1 Å². The van der Waals surface area contributed by atoms with Crippen molar-refractivity contribution in [3.8, 4) is 0 Å². The van der Waals surface area contributed by atoms with E-state index in [-0.39, 0.29) is 11.6 Å². The molecule has 1 heterocycles. The molecule has 0 aliphatic carbocycles. The summed E-state index contributed by atoms with van der Waals surface area (Å²) in [5.41, 5.74) is 0.605. The van der Waals surface area contributed by atoms with Crippen LogP contribution in [0, 0.1) is 17.0 Å². The first-order valence-corrected chi connectivity index (χ1v) is 7.35. The largest absolute Gasteiger partial charge is 0.342 e. The number of nitro groups is 1. The van der Waals surface area contributed by atoms with Crippen LogP contribution in [0.15, 0.2) is 29.2 Å². The van der Waals surface area contributed by atoms with Crippen LogP contribution in [0.1, 0.15) is 5.56 Å². The van der Waals surface area contributed by atoms with Crippen molar-refractivity contribution in [1.29, 1.82) is 0 Å². The van der Waals surface area contributed by atoms with Gasteiger partial charge in [-0.2, -0.15) is 0 Å². The van der Waals surface area contributed by atoms with E-state index in [9.17, 15) is 18.5 Å². The zero-order valence-corrected chi connectivity index (χ0v) is 12.2. The maximum atomic E-state index is 12.6. The fourth-order valence-electron chi connectivity index (χ4n) is 2.27. The molecule has 1 saturated heterocycles. The summed E-state index contributed by atoms with van der Waals surface area (Å²) in [6.07, 6.45) is -1.19. The van der Waals surface area contributed by atoms with E-state index in [2.05, 4.69) is 0 Å². The third-order valence-electron chi connectivity index (χ3n) is 3.26. The van der Waals surface area contributed by atoms with Gasteiger partial charge in [0.25, 0.3) is 10.0 Å². The quantitative estimate of drug-likeness (QED) is 0.589. The van der Waals surface area contributed by atoms with Gasteiger partial charge in [-0.05, 0) is 25.6 Å². The Bertz CT molecular complexity index is 633. The summed E-state index contributed by atoms with van der Waals surface area (Å²) in [5.74, 6) is 0. The van der Waals surface area contributed by atoms with Gasteiger partial charge in [-0.1, -0.05) is 18.2 Å². The van der Waals surface area contributed by atoms with Gasteiger partial charge < -0.3 is 0 Å². The zero-order valence-electron chi connectivity index (χ0n) is 11.4. The Kier molecular flexibility index (Phi) is 3.78. The van der Waals surface area contributed by atoms with Gasteiger partial charge in [0.05, 0.1) is 16.5 Å². The van der Waals surface area contributed by atoms with Crippen molar-refractivity contribution < 1.29 is 13.3 Å². The highest BCUT2D eigenvalue weighted by Crippen LogP contribution is 2.26. The minimum absolute atomic E-state index is 0.0567. The van der Waals surface area contributed by atoms with E-state index in [0.29, 0.717) is 5.56 Å². The number of nitrogens with zero attached hydrogens (tertiary/aromatic N) is 4. The SMILES string of the molecule is Cc1ccccc1S(=O)(=O)N1CN(C)C([N+](=O)[O-])N1C. The van der Waals surface area contributed by atoms with Crippen LogP contribution >= 0.6 is 0 Å². The van der Waals surface area contributed by atoms with Crippen LogP contribution in [0.5, 0.6) is 0 Å². The van der Waals surface area contributed by atoms with Gasteiger partial charge in [-0.3, -0.25) is 10.1 Å². The van der Waals surface area contributed by atoms with E-state index in [1.54, 1.807) is 25.1 Å². The second-order valence-electron chi connectivity index (χ2n) is 4.70. The molecule has 0 N–H and O–H groups in total. The predicted molar refractivity (Wildman–Crippen MR) is 71.4 cm³/mol. The molecule has 20 heavy (non-hydrogen) atoms. The molecular weight excluding hydrogens is 284 g/mol. The van der Waals surface area contributed by atoms with E-state index < -0.39 is 21.2 Å². The number of hydrogen-bond donors (Lipinski definition) is 0. The first-order valence-electron chi connectivity index (χ1n) is 5.91. The van der Waals surface area contributed by atoms with Gasteiger partial charge in [0.2, 0.25) is 0 Å². The molecule has 0 saturated carbocycles. The molecule has 1 aliphatic rings. The average molecular weight is 300 g/mol. The summed E-state index contributed by atoms with van der Waals surface area (Å²) < 4.78 is 26.2. The number of hydrogen-bond acceptors (Lipinski definition) is 6. The van der Waals surface area contributed by atoms with Crippen LogP contribution in [-0.2, 0) is 10.0 Å². The highest BCUT2D eigenvalue weighted by molar-refractivity contribution is 7.89. The van der Waals surface area contributed by atoms with Gasteiger partial charge in [0.15, 0.2) is 0 Å². The lowest BCUT2D eigenvalue weighted by Crippen LogP contribution is -2.46. The Labute approximate surface area is 117 Å². The standard InChI is InChI=1S/C11H16N4O4S/c1-9-6-4-5-7-10(9)20(18,19)14-8-12(2)11(13(14)3)15(16)17/h4-7,11H,8H2,1-3H3. The molecule has 1 aromatic carbocycles. The van der Waals surface area contributed by atoms with Gasteiger partial charge in [-0.15, -0.1) is 9.42 Å². The summed E-state index contributed by atoms with van der Waals surface area (Å²) in [4.78, 5) is 12.0. The van der Waals surface area contributed by atoms with E-state index in [1.807, 2.05) is 0 Å². The number of aryl methyl sites for hydroxylation is 1. The number of rotatable bonds is 3. The molecule has 9 heteroatoms. The minimum Gasteiger partial charge on any atom is -0.261 e. The maximum Gasteiger partial charge on any atom is 0.342 e. The molecule has 0 radical (unpaired) electrons. The molecule has 2 rings (SSSR count). The van der Waals surface area contributed by atoms with Crippen LogP contribution in [0.25, 0.3) is 0 Å². The van der Waals surface area contributed by atoms with E-state index in [0.717, 1.165) is 9.42 Å². The van der Waals surface area contributed by atoms with Crippen molar-refractivity contribution in [3.63, 3.8) is 0 Å². The molecule has 0 bridgehead atoms. The Hall–Kier alpha value is -1.55. The predicted octanol–water partition coefficient (Wildman–Crippen LogP) is 0.296. The second-order valence-corrected chi connectivity index (χ2v) is 6.51. The van der Waals surface area contributed by atoms with Crippen LogP contribution in [0.3, 0.4) is 0 Å². The first-order chi connectivity index (χ1) is 9.26. The topological polar surface area (TPSA) is 87.0 Å². The Morgan fingerprint density at radius 1 is 1.30 bits per heavy atom. The van der Waals surface area contributed by atoms with E-state index >= 15 is 0 Å². The Balaban J connectivity index is 2.42. The van der Waals surface area contributed by atoms with Crippen LogP contribution in [-0.4, -0.2) is 54.7 Å². The lowest BCUT2D eigenvalue weighted by atomic mass is 10.2. The molecular formula is C11H16N4O4S. The van der Waals surface area contributed by atoms with Gasteiger partial charge in [0.1, 0.15) is 0 Å². The van der Waals surface area contributed by atoms with Crippen LogP contribution < -0.4 is 0 Å². The third kappa shape index (κ3) is 2.29. The second kappa shape index (κ2) is 5.09. The fourth-order valence-corrected chi connectivity index (χ4v) is 3.98. The third-order valence-corrected chi connectivity index (χ3v) is 5.20. The maximum absolute atomic E-state index is 12.6. The molecule has 0 aromatic heterocycles. The van der Waals surface area contributed by atoms with Crippen molar-refractivity contribution in [3.05, 3.63) is 39.9 Å². The fraction of sp³-hybridized carbons (Fsp3) is 0.455. The van der Waals surface area contributed by atoms with Crippen molar-refractivity contribution in [1.82, 2.24) is 14.3 Å². The lowest BCUT2D eigenvalue weighted by Gasteiger charge is -2.23. The van der Waals surface area contributed by atoms with Gasteiger partial charge in [0, 0.05) is 7.05 Å². The molecule has 1 aliphatic heterocycles. The smallest absolute Gasteiger partial charge is 0.261 e. The highest BCUT2D eigenvalue weighted by atomic mass is 32.2. The average Bonchev–Trinajstić information content (AvgIpc) is 2.65. The first kappa shape index (κ1) is 14.9. The van der Waals surface area contributed by atoms with Crippen molar-refractivity contribution in [2.45, 2.75) is 18.1 Å². The van der Waals surface area contributed by atoms with Gasteiger partial charge >= 0.3 is 6.29 Å². The Morgan fingerprint density at radius 3 is 2.40 bits per heavy atom. The van der Waals surface area contributed by atoms with Gasteiger partial charge in [-0.25, -0.2) is 13.3 Å². The van der Waals surface area contributed by atoms with E-state index in [4.69, 9.17) is 0 Å². The summed E-state index contributed by atoms with van der Waals surface area (Å²) in [7, 11) is -0.898. The summed E-state index contributed by atoms with van der Waals surface area (Å²) in [6.45, 7) is 1.64. The Morgan fingerprint density at radius 2 is 1.90 bits per heavy atom. The molecule has 1 unspecified atom stereocenters. The molecule has 1 atom stereocenters.